The van der Waals surface area contributed by atoms with Crippen molar-refractivity contribution in [3.8, 4) is 5.75 Å². The summed E-state index contributed by atoms with van der Waals surface area (Å²) in [6.07, 6.45) is 1.65. The number of nitrogens with zero attached hydrogens (tertiary/aromatic N) is 2. The topological polar surface area (TPSA) is 159 Å². The number of phenols is 1. The van der Waals surface area contributed by atoms with Gasteiger partial charge >= 0.3 is 0 Å². The van der Waals surface area contributed by atoms with Gasteiger partial charge in [0.2, 0.25) is 10.0 Å². The van der Waals surface area contributed by atoms with E-state index < -0.39 is 37.9 Å². The first kappa shape index (κ1) is 24.0. The summed E-state index contributed by atoms with van der Waals surface area (Å²) >= 11 is 3.93. The molecule has 2 atom stereocenters. The summed E-state index contributed by atoms with van der Waals surface area (Å²) in [5, 5.41) is 21.1. The summed E-state index contributed by atoms with van der Waals surface area (Å²) in [5.41, 5.74) is 1.62. The minimum atomic E-state index is -4.31. The second kappa shape index (κ2) is 9.06. The number of sulfonamides is 1. The SMILES string of the molecule is C=C(C)[C@@H](NC1=NS(=O)N=C1Nc1ccc(Cl)c(S(N)(=O)=O)c1O)c1cc(C(C)C)co1. The van der Waals surface area contributed by atoms with Crippen molar-refractivity contribution < 1.29 is 22.2 Å². The summed E-state index contributed by atoms with van der Waals surface area (Å²) in [6.45, 7) is 9.82. The lowest BCUT2D eigenvalue weighted by Crippen LogP contribution is -2.37. The molecule has 1 aromatic carbocycles. The van der Waals surface area contributed by atoms with Crippen LogP contribution in [0, 0.1) is 0 Å². The highest BCUT2D eigenvalue weighted by Gasteiger charge is 2.28. The van der Waals surface area contributed by atoms with Crippen LogP contribution in [-0.4, -0.2) is 29.4 Å². The first-order valence-corrected chi connectivity index (χ1v) is 12.3. The van der Waals surface area contributed by atoms with E-state index in [0.29, 0.717) is 11.3 Å². The van der Waals surface area contributed by atoms with Crippen LogP contribution in [0.4, 0.5) is 5.69 Å². The number of hydrogen-bond donors (Lipinski definition) is 4. The van der Waals surface area contributed by atoms with Crippen molar-refractivity contribution in [3.05, 3.63) is 53.0 Å². The van der Waals surface area contributed by atoms with Crippen LogP contribution in [0.2, 0.25) is 5.02 Å². The number of primary sulfonamides is 1. The predicted molar refractivity (Wildman–Crippen MR) is 125 cm³/mol. The molecule has 10 nitrogen and oxygen atoms in total. The lowest BCUT2D eigenvalue weighted by molar-refractivity contribution is 0.461. The summed E-state index contributed by atoms with van der Waals surface area (Å²) in [5.74, 6) is 0.235. The molecule has 0 radical (unpaired) electrons. The number of benzene rings is 1. The van der Waals surface area contributed by atoms with Crippen LogP contribution in [0.15, 0.2) is 54.7 Å². The van der Waals surface area contributed by atoms with Crippen LogP contribution >= 0.6 is 11.6 Å². The molecule has 172 valence electrons. The van der Waals surface area contributed by atoms with E-state index in [1.54, 1.807) is 13.2 Å². The molecule has 1 aliphatic heterocycles. The monoisotopic (exact) mass is 499 g/mol. The standard InChI is InChI=1S/C19H22ClN5O5S2/c1-9(2)11-7-14(30-8-11)15(10(3)4)23-19-18(24-31(27)25-19)22-13-6-5-12(20)17(16(13)26)32(21,28)29/h5-9,15,26H,3H2,1-2,4H3,(H,22,24)(H,23,25)(H2,21,28,29)/t15-,31?/m1/s1. The molecule has 0 bridgehead atoms. The number of hydrogen-bond acceptors (Lipinski definition) is 7. The molecule has 3 rings (SSSR count). The van der Waals surface area contributed by atoms with Gasteiger partial charge in [0.25, 0.3) is 11.2 Å². The largest absolute Gasteiger partial charge is 0.504 e. The number of halogens is 1. The Morgan fingerprint density at radius 2 is 1.97 bits per heavy atom. The van der Waals surface area contributed by atoms with Gasteiger partial charge in [-0.1, -0.05) is 37.6 Å². The van der Waals surface area contributed by atoms with E-state index in [9.17, 15) is 17.7 Å². The molecule has 32 heavy (non-hydrogen) atoms. The molecule has 0 saturated carbocycles. The van der Waals surface area contributed by atoms with E-state index in [0.717, 1.165) is 5.56 Å². The van der Waals surface area contributed by atoms with E-state index in [1.807, 2.05) is 19.9 Å². The molecule has 0 spiro atoms. The Balaban J connectivity index is 1.91. The lowest BCUT2D eigenvalue weighted by Gasteiger charge is -2.19. The fourth-order valence-corrected chi connectivity index (χ4v) is 4.70. The second-order valence-electron chi connectivity index (χ2n) is 7.41. The maximum Gasteiger partial charge on any atom is 0.269 e. The van der Waals surface area contributed by atoms with Crippen molar-refractivity contribution in [2.45, 2.75) is 37.6 Å². The number of anilines is 1. The highest BCUT2D eigenvalue weighted by molar-refractivity contribution is 7.89. The summed E-state index contributed by atoms with van der Waals surface area (Å²) in [4.78, 5) is -0.646. The van der Waals surface area contributed by atoms with Crippen molar-refractivity contribution in [3.63, 3.8) is 0 Å². The Morgan fingerprint density at radius 1 is 1.31 bits per heavy atom. The Hall–Kier alpha value is -2.67. The van der Waals surface area contributed by atoms with Crippen LogP contribution in [0.3, 0.4) is 0 Å². The molecule has 5 N–H and O–H groups in total. The van der Waals surface area contributed by atoms with Gasteiger partial charge in [-0.15, -0.1) is 8.80 Å². The molecule has 2 heterocycles. The van der Waals surface area contributed by atoms with Crippen LogP contribution < -0.4 is 15.8 Å². The molecule has 13 heteroatoms. The van der Waals surface area contributed by atoms with Gasteiger partial charge in [-0.2, -0.15) is 0 Å². The summed E-state index contributed by atoms with van der Waals surface area (Å²) < 4.78 is 49.1. The fourth-order valence-electron chi connectivity index (χ4n) is 2.88. The zero-order chi connectivity index (χ0) is 23.8. The van der Waals surface area contributed by atoms with Gasteiger partial charge in [-0.3, -0.25) is 0 Å². The van der Waals surface area contributed by atoms with Gasteiger partial charge in [-0.25, -0.2) is 17.8 Å². The Labute approximate surface area is 193 Å². The van der Waals surface area contributed by atoms with E-state index in [4.69, 9.17) is 21.2 Å². The summed E-state index contributed by atoms with van der Waals surface area (Å²) in [7, 11) is -4.31. The molecule has 1 aromatic heterocycles. The van der Waals surface area contributed by atoms with Gasteiger partial charge in [0.1, 0.15) is 16.7 Å². The average molecular weight is 500 g/mol. The number of nitrogens with two attached hydrogens (primary N) is 1. The molecule has 1 unspecified atom stereocenters. The van der Waals surface area contributed by atoms with Gasteiger partial charge in [0.15, 0.2) is 17.4 Å². The van der Waals surface area contributed by atoms with Crippen molar-refractivity contribution in [1.82, 2.24) is 5.32 Å². The van der Waals surface area contributed by atoms with Crippen molar-refractivity contribution >= 4 is 50.2 Å². The third-order valence-electron chi connectivity index (χ3n) is 4.55. The molecule has 2 aromatic rings. The molecular formula is C19H22ClN5O5S2. The number of furan rings is 1. The third kappa shape index (κ3) is 5.04. The van der Waals surface area contributed by atoms with E-state index in [-0.39, 0.29) is 28.3 Å². The first-order chi connectivity index (χ1) is 14.9. The molecule has 1 aliphatic rings. The number of amidine groups is 2. The minimum absolute atomic E-state index is 0.00298. The third-order valence-corrected chi connectivity index (χ3v) is 6.64. The highest BCUT2D eigenvalue weighted by Crippen LogP contribution is 2.36. The van der Waals surface area contributed by atoms with Crippen molar-refractivity contribution in [2.75, 3.05) is 5.32 Å². The number of aromatic hydroxyl groups is 1. The van der Waals surface area contributed by atoms with Gasteiger partial charge in [0.05, 0.1) is 17.0 Å². The van der Waals surface area contributed by atoms with E-state index in [2.05, 4.69) is 26.0 Å². The van der Waals surface area contributed by atoms with E-state index in [1.165, 1.54) is 12.1 Å². The molecule has 0 amide bonds. The zero-order valence-electron chi connectivity index (χ0n) is 17.4. The minimum Gasteiger partial charge on any atom is -0.504 e. The molecule has 0 fully saturated rings. The number of nitrogens with one attached hydrogen (secondary N) is 2. The second-order valence-corrected chi connectivity index (χ2v) is 10.1. The Morgan fingerprint density at radius 3 is 2.53 bits per heavy atom. The quantitative estimate of drug-likeness (QED) is 0.351. The van der Waals surface area contributed by atoms with Gasteiger partial charge in [0, 0.05) is 0 Å². The van der Waals surface area contributed by atoms with Crippen molar-refractivity contribution in [1.29, 1.82) is 0 Å². The van der Waals surface area contributed by atoms with Crippen LogP contribution in [-0.2, 0) is 21.2 Å². The normalized spacial score (nSPS) is 17.1. The van der Waals surface area contributed by atoms with Gasteiger partial charge < -0.3 is 20.2 Å². The smallest absolute Gasteiger partial charge is 0.269 e. The Kier molecular flexibility index (Phi) is 6.79. The average Bonchev–Trinajstić information content (AvgIpc) is 3.27. The maximum atomic E-state index is 12.0. The Bertz CT molecular complexity index is 1270. The number of phenolic OH excluding ortho intramolecular Hbond substituents is 1. The molecular weight excluding hydrogens is 478 g/mol. The van der Waals surface area contributed by atoms with Gasteiger partial charge in [-0.05, 0) is 36.6 Å². The van der Waals surface area contributed by atoms with Crippen LogP contribution in [0.25, 0.3) is 0 Å². The highest BCUT2D eigenvalue weighted by atomic mass is 35.5. The van der Waals surface area contributed by atoms with Crippen LogP contribution in [0.5, 0.6) is 5.75 Å². The van der Waals surface area contributed by atoms with Crippen molar-refractivity contribution in [2.24, 2.45) is 13.9 Å². The zero-order valence-corrected chi connectivity index (χ0v) is 19.8. The summed E-state index contributed by atoms with van der Waals surface area (Å²) in [6, 6.07) is 3.94. The molecule has 0 aliphatic carbocycles. The fraction of sp³-hybridized carbons (Fsp3) is 0.263. The number of rotatable bonds is 6. The first-order valence-electron chi connectivity index (χ1n) is 9.29. The predicted octanol–water partition coefficient (Wildman–Crippen LogP) is 3.12. The lowest BCUT2D eigenvalue weighted by atomic mass is 10.0. The van der Waals surface area contributed by atoms with E-state index >= 15 is 0 Å². The van der Waals surface area contributed by atoms with Crippen LogP contribution in [0.1, 0.15) is 44.1 Å². The molecule has 0 saturated heterocycles. The maximum absolute atomic E-state index is 12.0.